The van der Waals surface area contributed by atoms with Crippen LogP contribution < -0.4 is 10.6 Å². The Kier molecular flexibility index (Phi) is 11.5. The van der Waals surface area contributed by atoms with Gasteiger partial charge in [0, 0.05) is 39.7 Å². The molecule has 0 amide bonds. The number of unbranched alkanes of at least 4 members (excludes halogenated alkanes) is 1. The van der Waals surface area contributed by atoms with Gasteiger partial charge in [-0.2, -0.15) is 0 Å². The van der Waals surface area contributed by atoms with E-state index < -0.39 is 0 Å². The Morgan fingerprint density at radius 3 is 1.97 bits per heavy atom. The first-order valence-electron chi connectivity index (χ1n) is 10.4. The summed E-state index contributed by atoms with van der Waals surface area (Å²) in [6, 6.07) is 12.5. The van der Waals surface area contributed by atoms with Crippen molar-refractivity contribution in [2.75, 3.05) is 23.7 Å². The Morgan fingerprint density at radius 2 is 1.41 bits per heavy atom. The monoisotopic (exact) mass is 484 g/mol. The molecule has 2 rings (SSSR count). The molecule has 0 heterocycles. The maximum atomic E-state index is 4.97. The minimum atomic E-state index is 0. The summed E-state index contributed by atoms with van der Waals surface area (Å²) < 4.78 is 0. The third kappa shape index (κ3) is 7.42. The van der Waals surface area contributed by atoms with Gasteiger partial charge in [-0.05, 0) is 63.8 Å². The Morgan fingerprint density at radius 1 is 0.862 bits per heavy atom. The molecule has 0 unspecified atom stereocenters. The number of nitrogens with zero attached hydrogens (tertiary/aromatic N) is 2. The van der Waals surface area contributed by atoms with Gasteiger partial charge in [-0.1, -0.05) is 37.6 Å². The van der Waals surface area contributed by atoms with Crippen molar-refractivity contribution in [2.24, 2.45) is 9.98 Å². The number of rotatable bonds is 10. The number of aryl methyl sites for hydroxylation is 2. The summed E-state index contributed by atoms with van der Waals surface area (Å²) in [5.74, 6) is 0. The van der Waals surface area contributed by atoms with E-state index in [1.807, 2.05) is 6.21 Å². The van der Waals surface area contributed by atoms with Gasteiger partial charge in [0.1, 0.15) is 0 Å². The van der Waals surface area contributed by atoms with Gasteiger partial charge in [0.05, 0.1) is 28.5 Å². The zero-order valence-electron chi connectivity index (χ0n) is 18.3. The minimum absolute atomic E-state index is 0. The van der Waals surface area contributed by atoms with Crippen LogP contribution in [-0.2, 0) is 20.4 Å². The van der Waals surface area contributed by atoms with Crippen LogP contribution in [0.15, 0.2) is 46.4 Å². The van der Waals surface area contributed by atoms with Gasteiger partial charge in [0.15, 0.2) is 0 Å². The normalized spacial score (nSPS) is 11.4. The average molecular weight is 485 g/mol. The van der Waals surface area contributed by atoms with E-state index >= 15 is 0 Å². The van der Waals surface area contributed by atoms with Crippen LogP contribution in [0.5, 0.6) is 0 Å². The van der Waals surface area contributed by atoms with E-state index in [4.69, 9.17) is 9.98 Å². The molecule has 2 aromatic carbocycles. The largest absolute Gasteiger partial charge is 0.383 e. The van der Waals surface area contributed by atoms with E-state index in [9.17, 15) is 0 Å². The van der Waals surface area contributed by atoms with Crippen molar-refractivity contribution in [1.29, 1.82) is 0 Å². The first-order chi connectivity index (χ1) is 13.6. The number of hydrogen-bond acceptors (Lipinski definition) is 4. The number of para-hydroxylation sites is 2. The maximum absolute atomic E-state index is 4.97. The molecule has 2 aromatic rings. The van der Waals surface area contributed by atoms with E-state index in [1.54, 1.807) is 0 Å². The first-order valence-corrected chi connectivity index (χ1v) is 10.4. The van der Waals surface area contributed by atoms with E-state index in [-0.39, 0.29) is 20.4 Å². The molecule has 29 heavy (non-hydrogen) atoms. The summed E-state index contributed by atoms with van der Waals surface area (Å²) in [5, 5.41) is 6.88. The van der Waals surface area contributed by atoms with Gasteiger partial charge in [0.2, 0.25) is 0 Å². The Labute approximate surface area is 190 Å². The van der Waals surface area contributed by atoms with Crippen molar-refractivity contribution in [1.82, 2.24) is 0 Å². The first kappa shape index (κ1) is 25.1. The van der Waals surface area contributed by atoms with Gasteiger partial charge < -0.3 is 10.6 Å². The fraction of sp³-hybridized carbons (Fsp3) is 0.417. The smallest absolute Gasteiger partial charge is 0.0867 e. The quantitative estimate of drug-likeness (QED) is 0.287. The molecule has 0 spiro atoms. The molecule has 0 aliphatic rings. The van der Waals surface area contributed by atoms with Crippen LogP contribution in [0.25, 0.3) is 0 Å². The number of benzene rings is 2. The Balaban J connectivity index is 0.00000420. The molecule has 0 bridgehead atoms. The molecular weight excluding hydrogens is 451 g/mol. The van der Waals surface area contributed by atoms with Crippen molar-refractivity contribution in [2.45, 2.75) is 53.9 Å². The van der Waals surface area contributed by atoms with E-state index in [1.165, 1.54) is 11.1 Å². The van der Waals surface area contributed by atoms with Crippen LogP contribution in [0.2, 0.25) is 0 Å². The molecule has 0 aliphatic carbocycles. The standard InChI is InChI=1S/C24H34N4.Pd/c1-6-9-14-20(28-22-16-11-13-19(5)24(22)26-8-3)17-27-21-15-10-12-18(4)23(21)25-7-2;/h10-13,15-17,25-26H,6-9,14H2,1-5H3;. The third-order valence-electron chi connectivity index (χ3n) is 4.61. The van der Waals surface area contributed by atoms with Crippen molar-refractivity contribution in [3.05, 3.63) is 47.5 Å². The molecule has 0 radical (unpaired) electrons. The van der Waals surface area contributed by atoms with Crippen LogP contribution in [0.3, 0.4) is 0 Å². The number of aliphatic imine (C=N–C) groups is 2. The van der Waals surface area contributed by atoms with Crippen molar-refractivity contribution >= 4 is 34.7 Å². The molecular formula is C24H34N4Pd. The van der Waals surface area contributed by atoms with E-state index in [0.29, 0.717) is 0 Å². The van der Waals surface area contributed by atoms with Gasteiger partial charge in [-0.25, -0.2) is 4.99 Å². The van der Waals surface area contributed by atoms with Crippen molar-refractivity contribution < 1.29 is 20.4 Å². The summed E-state index contributed by atoms with van der Waals surface area (Å²) in [6.45, 7) is 12.4. The zero-order valence-corrected chi connectivity index (χ0v) is 19.8. The molecule has 5 heteroatoms. The second-order valence-corrected chi connectivity index (χ2v) is 6.96. The average Bonchev–Trinajstić information content (AvgIpc) is 2.68. The summed E-state index contributed by atoms with van der Waals surface area (Å²) in [4.78, 5) is 9.77. The van der Waals surface area contributed by atoms with Gasteiger partial charge in [0.25, 0.3) is 0 Å². The predicted molar refractivity (Wildman–Crippen MR) is 125 cm³/mol. The third-order valence-corrected chi connectivity index (χ3v) is 4.61. The van der Waals surface area contributed by atoms with Crippen LogP contribution >= 0.6 is 0 Å². The summed E-state index contributed by atoms with van der Waals surface area (Å²) in [5.41, 5.74) is 7.57. The molecule has 0 aromatic heterocycles. The minimum Gasteiger partial charge on any atom is -0.383 e. The van der Waals surface area contributed by atoms with Gasteiger partial charge >= 0.3 is 0 Å². The molecule has 0 aliphatic heterocycles. The molecule has 0 saturated carbocycles. The fourth-order valence-electron chi connectivity index (χ4n) is 3.12. The number of anilines is 2. The van der Waals surface area contributed by atoms with E-state index in [0.717, 1.165) is 60.8 Å². The summed E-state index contributed by atoms with van der Waals surface area (Å²) >= 11 is 0. The number of hydrogen-bond donors (Lipinski definition) is 2. The predicted octanol–water partition coefficient (Wildman–Crippen LogP) is 6.83. The maximum Gasteiger partial charge on any atom is 0.0867 e. The molecule has 4 nitrogen and oxygen atoms in total. The van der Waals surface area contributed by atoms with Crippen LogP contribution in [0, 0.1) is 13.8 Å². The topological polar surface area (TPSA) is 48.8 Å². The van der Waals surface area contributed by atoms with Gasteiger partial charge in [-0.3, -0.25) is 4.99 Å². The molecule has 0 saturated heterocycles. The van der Waals surface area contributed by atoms with Gasteiger partial charge in [-0.15, -0.1) is 0 Å². The molecule has 0 fully saturated rings. The van der Waals surface area contributed by atoms with Crippen molar-refractivity contribution in [3.63, 3.8) is 0 Å². The molecule has 160 valence electrons. The second-order valence-electron chi connectivity index (χ2n) is 6.96. The van der Waals surface area contributed by atoms with Crippen LogP contribution in [-0.4, -0.2) is 25.0 Å². The van der Waals surface area contributed by atoms with Crippen LogP contribution in [0.4, 0.5) is 22.7 Å². The Bertz CT molecular complexity index is 828. The second kappa shape index (κ2) is 13.3. The van der Waals surface area contributed by atoms with Crippen LogP contribution in [0.1, 0.15) is 51.2 Å². The SMILES string of the molecule is CCCCC(C=Nc1cccc(C)c1NCC)=Nc1cccc(C)c1NCC.[Pd]. The Hall–Kier alpha value is -1.96. The van der Waals surface area contributed by atoms with Crippen molar-refractivity contribution in [3.8, 4) is 0 Å². The summed E-state index contributed by atoms with van der Waals surface area (Å²) in [6.07, 6.45) is 5.08. The molecule has 2 N–H and O–H groups in total. The van der Waals surface area contributed by atoms with E-state index in [2.05, 4.69) is 81.7 Å². The molecule has 0 atom stereocenters. The fourth-order valence-corrected chi connectivity index (χ4v) is 3.12. The number of nitrogens with one attached hydrogen (secondary N) is 2. The summed E-state index contributed by atoms with van der Waals surface area (Å²) in [7, 11) is 0. The zero-order chi connectivity index (χ0) is 20.4.